The monoisotopic (exact) mass is 162 g/mol. The van der Waals surface area contributed by atoms with Crippen molar-refractivity contribution < 1.29 is 8.42 Å². The van der Waals surface area contributed by atoms with E-state index in [0.29, 0.717) is 6.42 Å². The normalized spacial score (nSPS) is 14.1. The number of rotatable bonds is 3. The van der Waals surface area contributed by atoms with E-state index in [0.717, 1.165) is 0 Å². The number of hydrogen-bond donors (Lipinski definition) is 2. The molecule has 1 atom stereocenters. The van der Waals surface area contributed by atoms with Crippen LogP contribution in [0.5, 0.6) is 0 Å². The van der Waals surface area contributed by atoms with Crippen LogP contribution in [0.15, 0.2) is 0 Å². The largest absolute Gasteiger partial charge is 0.274 e. The van der Waals surface area contributed by atoms with Gasteiger partial charge >= 0.3 is 0 Å². The second-order valence-electron chi connectivity index (χ2n) is 1.97. The quantitative estimate of drug-likeness (QED) is 0.533. The van der Waals surface area contributed by atoms with Crippen molar-refractivity contribution in [2.24, 2.45) is 5.14 Å². The van der Waals surface area contributed by atoms with Crippen molar-refractivity contribution in [2.45, 2.75) is 19.4 Å². The van der Waals surface area contributed by atoms with Crippen molar-refractivity contribution in [3.05, 3.63) is 0 Å². The summed E-state index contributed by atoms with van der Waals surface area (Å²) in [6.07, 6.45) is 5.27. The zero-order valence-corrected chi connectivity index (χ0v) is 6.48. The molecule has 3 N–H and O–H groups in total. The van der Waals surface area contributed by atoms with E-state index in [1.807, 2.05) is 0 Å². The van der Waals surface area contributed by atoms with E-state index in [2.05, 4.69) is 15.8 Å². The van der Waals surface area contributed by atoms with Crippen molar-refractivity contribution in [2.75, 3.05) is 0 Å². The van der Waals surface area contributed by atoms with E-state index in [4.69, 9.17) is 6.42 Å². The molecule has 58 valence electrons. The third kappa shape index (κ3) is 5.56. The summed E-state index contributed by atoms with van der Waals surface area (Å²) in [5.74, 6) is 2.31. The van der Waals surface area contributed by atoms with Crippen LogP contribution >= 0.6 is 0 Å². The SMILES string of the molecule is C#CCC(C)NS(N)(=O)=O. The van der Waals surface area contributed by atoms with Crippen molar-refractivity contribution in [3.63, 3.8) is 0 Å². The average Bonchev–Trinajstić information content (AvgIpc) is 1.59. The fraction of sp³-hybridized carbons (Fsp3) is 0.600. The molecule has 1 unspecified atom stereocenters. The van der Waals surface area contributed by atoms with Crippen molar-refractivity contribution >= 4 is 10.2 Å². The summed E-state index contributed by atoms with van der Waals surface area (Å²) in [5.41, 5.74) is 0. The fourth-order valence-corrected chi connectivity index (χ4v) is 1.14. The second kappa shape index (κ2) is 3.56. The lowest BCUT2D eigenvalue weighted by atomic mass is 10.3. The van der Waals surface area contributed by atoms with Gasteiger partial charge in [-0.25, -0.2) is 5.14 Å². The van der Waals surface area contributed by atoms with Gasteiger partial charge in [-0.1, -0.05) is 0 Å². The Bertz CT molecular complexity index is 227. The molecule has 0 aromatic carbocycles. The van der Waals surface area contributed by atoms with Crippen LogP contribution in [0.4, 0.5) is 0 Å². The molecule has 0 aliphatic heterocycles. The molecule has 0 heterocycles. The third-order valence-corrected chi connectivity index (χ3v) is 1.52. The van der Waals surface area contributed by atoms with Gasteiger partial charge in [0.2, 0.25) is 0 Å². The molecule has 0 aliphatic rings. The Balaban J connectivity index is 3.83. The maximum atomic E-state index is 10.3. The highest BCUT2D eigenvalue weighted by molar-refractivity contribution is 7.87. The first-order chi connectivity index (χ1) is 4.45. The zero-order chi connectivity index (χ0) is 8.20. The molecule has 0 rings (SSSR count). The van der Waals surface area contributed by atoms with Gasteiger partial charge in [0.15, 0.2) is 0 Å². The predicted octanol–water partition coefficient (Wildman–Crippen LogP) is -0.809. The molecule has 0 aromatic rings. The van der Waals surface area contributed by atoms with Crippen LogP contribution in [0.1, 0.15) is 13.3 Å². The summed E-state index contributed by atoms with van der Waals surface area (Å²) in [7, 11) is -3.59. The maximum absolute atomic E-state index is 10.3. The van der Waals surface area contributed by atoms with E-state index < -0.39 is 10.2 Å². The van der Waals surface area contributed by atoms with Gasteiger partial charge < -0.3 is 0 Å². The Morgan fingerprint density at radius 3 is 2.60 bits per heavy atom. The predicted molar refractivity (Wildman–Crippen MR) is 39.2 cm³/mol. The van der Waals surface area contributed by atoms with Crippen molar-refractivity contribution in [3.8, 4) is 12.3 Å². The van der Waals surface area contributed by atoms with Gasteiger partial charge in [-0.3, -0.25) is 0 Å². The fourth-order valence-electron chi connectivity index (χ4n) is 0.499. The maximum Gasteiger partial charge on any atom is 0.274 e. The molecular weight excluding hydrogens is 152 g/mol. The summed E-state index contributed by atoms with van der Waals surface area (Å²) in [5, 5.41) is 4.66. The van der Waals surface area contributed by atoms with Crippen molar-refractivity contribution in [1.29, 1.82) is 0 Å². The first-order valence-electron chi connectivity index (χ1n) is 2.69. The van der Waals surface area contributed by atoms with Gasteiger partial charge in [0.25, 0.3) is 10.2 Å². The minimum Gasteiger partial charge on any atom is -0.216 e. The molecular formula is C5H10N2O2S. The number of nitrogens with one attached hydrogen (secondary N) is 1. The van der Waals surface area contributed by atoms with Gasteiger partial charge in [0.05, 0.1) is 0 Å². The van der Waals surface area contributed by atoms with Gasteiger partial charge in [-0.2, -0.15) is 13.1 Å². The highest BCUT2D eigenvalue weighted by Gasteiger charge is 2.06. The summed E-state index contributed by atoms with van der Waals surface area (Å²) >= 11 is 0. The molecule has 0 fully saturated rings. The standard InChI is InChI=1S/C5H10N2O2S/c1-3-4-5(2)7-10(6,8)9/h1,5,7H,4H2,2H3,(H2,6,8,9). The van der Waals surface area contributed by atoms with Crippen LogP contribution in [0.3, 0.4) is 0 Å². The number of terminal acetylenes is 1. The van der Waals surface area contributed by atoms with Crippen LogP contribution in [0, 0.1) is 12.3 Å². The molecule has 0 bridgehead atoms. The lowest BCUT2D eigenvalue weighted by Crippen LogP contribution is -2.37. The smallest absolute Gasteiger partial charge is 0.216 e. The zero-order valence-electron chi connectivity index (χ0n) is 5.66. The molecule has 0 aliphatic carbocycles. The Kier molecular flexibility index (Phi) is 3.36. The second-order valence-corrected chi connectivity index (χ2v) is 3.30. The summed E-state index contributed by atoms with van der Waals surface area (Å²) < 4.78 is 22.8. The molecule has 0 radical (unpaired) electrons. The summed E-state index contributed by atoms with van der Waals surface area (Å²) in [6.45, 7) is 1.64. The Labute approximate surface area is 61.0 Å². The van der Waals surface area contributed by atoms with Gasteiger partial charge in [-0.15, -0.1) is 12.3 Å². The van der Waals surface area contributed by atoms with E-state index in [1.165, 1.54) is 0 Å². The molecule has 0 aromatic heterocycles. The van der Waals surface area contributed by atoms with Gasteiger partial charge in [0.1, 0.15) is 0 Å². The molecule has 0 saturated heterocycles. The van der Waals surface area contributed by atoms with Crippen LogP contribution in [0.2, 0.25) is 0 Å². The third-order valence-electron chi connectivity index (χ3n) is 0.789. The molecule has 5 heteroatoms. The first kappa shape index (κ1) is 9.43. The summed E-state index contributed by atoms with van der Waals surface area (Å²) in [4.78, 5) is 0. The Morgan fingerprint density at radius 1 is 1.80 bits per heavy atom. The lowest BCUT2D eigenvalue weighted by molar-refractivity contribution is 0.565. The highest BCUT2D eigenvalue weighted by atomic mass is 32.2. The van der Waals surface area contributed by atoms with Crippen LogP contribution in [-0.2, 0) is 10.2 Å². The number of nitrogens with two attached hydrogens (primary N) is 1. The first-order valence-corrected chi connectivity index (χ1v) is 4.24. The Morgan fingerprint density at radius 2 is 2.30 bits per heavy atom. The minimum atomic E-state index is -3.59. The summed E-state index contributed by atoms with van der Waals surface area (Å²) in [6, 6.07) is -0.292. The van der Waals surface area contributed by atoms with E-state index >= 15 is 0 Å². The Hall–Kier alpha value is -0.570. The topological polar surface area (TPSA) is 72.2 Å². The van der Waals surface area contributed by atoms with Crippen LogP contribution in [-0.4, -0.2) is 14.5 Å². The van der Waals surface area contributed by atoms with Crippen molar-refractivity contribution in [1.82, 2.24) is 4.72 Å². The lowest BCUT2D eigenvalue weighted by Gasteiger charge is -2.06. The molecule has 0 saturated carbocycles. The molecule has 10 heavy (non-hydrogen) atoms. The van der Waals surface area contributed by atoms with E-state index in [-0.39, 0.29) is 6.04 Å². The molecule has 4 nitrogen and oxygen atoms in total. The average molecular weight is 162 g/mol. The van der Waals surface area contributed by atoms with Crippen LogP contribution in [0.25, 0.3) is 0 Å². The number of hydrogen-bond acceptors (Lipinski definition) is 2. The van der Waals surface area contributed by atoms with E-state index in [9.17, 15) is 8.42 Å². The molecule has 0 spiro atoms. The minimum absolute atomic E-state index is 0.292. The molecule has 0 amide bonds. The van der Waals surface area contributed by atoms with E-state index in [1.54, 1.807) is 6.92 Å². The van der Waals surface area contributed by atoms with Crippen LogP contribution < -0.4 is 9.86 Å². The highest BCUT2D eigenvalue weighted by Crippen LogP contribution is 1.87. The van der Waals surface area contributed by atoms with Gasteiger partial charge in [0, 0.05) is 12.5 Å². The van der Waals surface area contributed by atoms with Gasteiger partial charge in [-0.05, 0) is 6.92 Å².